The van der Waals surface area contributed by atoms with E-state index in [2.05, 4.69) is 15.7 Å². The molecule has 0 saturated heterocycles. The fourth-order valence-electron chi connectivity index (χ4n) is 3.17. The average molecular weight is 450 g/mol. The summed E-state index contributed by atoms with van der Waals surface area (Å²) in [4.78, 5) is 35.9. The second kappa shape index (κ2) is 11.6. The standard InChI is InChI=1S/C24H27N5O4/c1-2-33-24(32)27-20-5-3-4-18(14-20)16-29-23(31)11-10-21(28-29)19-8-6-17(7-9-19)15-22(30)26-13-12-25/h3-11,14H,2,12-13,15-16,25H2,1H3,(H,26,30)(H,27,32). The van der Waals surface area contributed by atoms with Crippen LogP contribution in [0.4, 0.5) is 10.5 Å². The number of anilines is 1. The molecule has 33 heavy (non-hydrogen) atoms. The van der Waals surface area contributed by atoms with E-state index in [1.165, 1.54) is 10.7 Å². The molecule has 0 aliphatic carbocycles. The minimum atomic E-state index is -0.535. The maximum Gasteiger partial charge on any atom is 0.411 e. The molecule has 0 saturated carbocycles. The molecular formula is C24H27N5O4. The first kappa shape index (κ1) is 23.7. The molecule has 0 aliphatic heterocycles. The Balaban J connectivity index is 1.73. The number of carbonyl (C=O) groups excluding carboxylic acids is 2. The Morgan fingerprint density at radius 1 is 1.06 bits per heavy atom. The second-order valence-corrected chi connectivity index (χ2v) is 7.27. The predicted octanol–water partition coefficient (Wildman–Crippen LogP) is 2.14. The molecule has 0 unspecified atom stereocenters. The van der Waals surface area contributed by atoms with E-state index in [1.807, 2.05) is 30.3 Å². The maximum atomic E-state index is 12.4. The number of nitrogens with two attached hydrogens (primary N) is 1. The lowest BCUT2D eigenvalue weighted by molar-refractivity contribution is -0.120. The zero-order valence-electron chi connectivity index (χ0n) is 18.4. The first-order chi connectivity index (χ1) is 16.0. The van der Waals surface area contributed by atoms with Crippen molar-refractivity contribution in [3.05, 3.63) is 82.1 Å². The number of hydrogen-bond donors (Lipinski definition) is 3. The molecule has 1 heterocycles. The van der Waals surface area contributed by atoms with E-state index in [9.17, 15) is 14.4 Å². The number of aromatic nitrogens is 2. The summed E-state index contributed by atoms with van der Waals surface area (Å²) in [5, 5.41) is 9.88. The lowest BCUT2D eigenvalue weighted by atomic mass is 10.1. The number of rotatable bonds is 9. The lowest BCUT2D eigenvalue weighted by Gasteiger charge is -2.10. The molecule has 3 rings (SSSR count). The van der Waals surface area contributed by atoms with Crippen molar-refractivity contribution in [1.82, 2.24) is 15.1 Å². The van der Waals surface area contributed by atoms with E-state index >= 15 is 0 Å². The van der Waals surface area contributed by atoms with Crippen molar-refractivity contribution in [2.75, 3.05) is 25.0 Å². The molecule has 9 heteroatoms. The summed E-state index contributed by atoms with van der Waals surface area (Å²) in [6.45, 7) is 3.10. The van der Waals surface area contributed by atoms with E-state index < -0.39 is 6.09 Å². The van der Waals surface area contributed by atoms with Gasteiger partial charge in [0.2, 0.25) is 5.91 Å². The van der Waals surface area contributed by atoms with Crippen molar-refractivity contribution in [2.24, 2.45) is 5.73 Å². The number of carbonyl (C=O) groups is 2. The zero-order valence-corrected chi connectivity index (χ0v) is 18.4. The summed E-state index contributed by atoms with van der Waals surface area (Å²) in [6, 6.07) is 17.7. The summed E-state index contributed by atoms with van der Waals surface area (Å²) >= 11 is 0. The fraction of sp³-hybridized carbons (Fsp3) is 0.250. The van der Waals surface area contributed by atoms with Crippen molar-refractivity contribution in [1.29, 1.82) is 0 Å². The molecule has 0 radical (unpaired) electrons. The fourth-order valence-corrected chi connectivity index (χ4v) is 3.17. The highest BCUT2D eigenvalue weighted by Crippen LogP contribution is 2.17. The van der Waals surface area contributed by atoms with Crippen LogP contribution in [0, 0.1) is 0 Å². The van der Waals surface area contributed by atoms with Gasteiger partial charge in [-0.05, 0) is 36.2 Å². The van der Waals surface area contributed by atoms with Crippen LogP contribution in [0.3, 0.4) is 0 Å². The topological polar surface area (TPSA) is 128 Å². The molecular weight excluding hydrogens is 422 g/mol. The molecule has 0 aliphatic rings. The number of benzene rings is 2. The normalized spacial score (nSPS) is 10.5. The van der Waals surface area contributed by atoms with Crippen molar-refractivity contribution >= 4 is 17.7 Å². The van der Waals surface area contributed by atoms with Gasteiger partial charge in [-0.25, -0.2) is 9.48 Å². The highest BCUT2D eigenvalue weighted by Gasteiger charge is 2.08. The van der Waals surface area contributed by atoms with E-state index in [0.717, 1.165) is 16.7 Å². The van der Waals surface area contributed by atoms with Gasteiger partial charge in [-0.2, -0.15) is 5.10 Å². The smallest absolute Gasteiger partial charge is 0.411 e. The van der Waals surface area contributed by atoms with Gasteiger partial charge >= 0.3 is 6.09 Å². The second-order valence-electron chi connectivity index (χ2n) is 7.27. The number of amides is 2. The average Bonchev–Trinajstić information content (AvgIpc) is 2.80. The maximum absolute atomic E-state index is 12.4. The Morgan fingerprint density at radius 3 is 2.58 bits per heavy atom. The summed E-state index contributed by atoms with van der Waals surface area (Å²) in [7, 11) is 0. The van der Waals surface area contributed by atoms with Gasteiger partial charge in [0.25, 0.3) is 5.56 Å². The van der Waals surface area contributed by atoms with Crippen LogP contribution in [-0.2, 0) is 22.5 Å². The number of ether oxygens (including phenoxy) is 1. The monoisotopic (exact) mass is 449 g/mol. The third-order valence-electron chi connectivity index (χ3n) is 4.73. The molecule has 0 atom stereocenters. The minimum absolute atomic E-state index is 0.0837. The van der Waals surface area contributed by atoms with Crippen LogP contribution in [-0.4, -0.2) is 41.5 Å². The van der Waals surface area contributed by atoms with E-state index in [-0.39, 0.29) is 31.0 Å². The van der Waals surface area contributed by atoms with Gasteiger partial charge in [0.1, 0.15) is 0 Å². The molecule has 0 fully saturated rings. The molecule has 9 nitrogen and oxygen atoms in total. The van der Waals surface area contributed by atoms with Gasteiger partial charge in [0.05, 0.1) is 25.3 Å². The third-order valence-corrected chi connectivity index (χ3v) is 4.73. The molecule has 1 aromatic heterocycles. The molecule has 172 valence electrons. The molecule has 3 aromatic rings. The quantitative estimate of drug-likeness (QED) is 0.459. The highest BCUT2D eigenvalue weighted by molar-refractivity contribution is 5.84. The summed E-state index contributed by atoms with van der Waals surface area (Å²) < 4.78 is 6.26. The van der Waals surface area contributed by atoms with Crippen LogP contribution in [0.5, 0.6) is 0 Å². The van der Waals surface area contributed by atoms with E-state index in [0.29, 0.717) is 24.5 Å². The van der Waals surface area contributed by atoms with Crippen LogP contribution >= 0.6 is 0 Å². The van der Waals surface area contributed by atoms with Crippen molar-refractivity contribution in [3.8, 4) is 11.3 Å². The predicted molar refractivity (Wildman–Crippen MR) is 126 cm³/mol. The molecule has 4 N–H and O–H groups in total. The van der Waals surface area contributed by atoms with Gasteiger partial charge in [-0.15, -0.1) is 0 Å². The van der Waals surface area contributed by atoms with Crippen LogP contribution in [0.2, 0.25) is 0 Å². The highest BCUT2D eigenvalue weighted by atomic mass is 16.5. The van der Waals surface area contributed by atoms with Crippen molar-refractivity contribution in [3.63, 3.8) is 0 Å². The SMILES string of the molecule is CCOC(=O)Nc1cccc(Cn2nc(-c3ccc(CC(=O)NCCN)cc3)ccc2=O)c1. The van der Waals surface area contributed by atoms with Crippen LogP contribution in [0.25, 0.3) is 11.3 Å². The van der Waals surface area contributed by atoms with Gasteiger partial charge in [-0.1, -0.05) is 36.4 Å². The largest absolute Gasteiger partial charge is 0.450 e. The first-order valence-corrected chi connectivity index (χ1v) is 10.7. The van der Waals surface area contributed by atoms with Gasteiger partial charge < -0.3 is 15.8 Å². The first-order valence-electron chi connectivity index (χ1n) is 10.7. The van der Waals surface area contributed by atoms with Gasteiger partial charge in [0.15, 0.2) is 0 Å². The van der Waals surface area contributed by atoms with Crippen molar-refractivity contribution < 1.29 is 14.3 Å². The Morgan fingerprint density at radius 2 is 1.85 bits per heavy atom. The third kappa shape index (κ3) is 7.01. The number of hydrogen-bond acceptors (Lipinski definition) is 6. The molecule has 0 spiro atoms. The Bertz CT molecular complexity index is 1160. The summed E-state index contributed by atoms with van der Waals surface area (Å²) in [6.07, 6.45) is -0.268. The van der Waals surface area contributed by atoms with E-state index in [4.69, 9.17) is 10.5 Å². The summed E-state index contributed by atoms with van der Waals surface area (Å²) in [5.41, 5.74) is 8.86. The zero-order chi connectivity index (χ0) is 23.6. The number of nitrogens with zero attached hydrogens (tertiary/aromatic N) is 2. The van der Waals surface area contributed by atoms with Crippen LogP contribution in [0.1, 0.15) is 18.1 Å². The van der Waals surface area contributed by atoms with Gasteiger partial charge in [0, 0.05) is 30.4 Å². The Hall–Kier alpha value is -3.98. The molecule has 0 bridgehead atoms. The van der Waals surface area contributed by atoms with Crippen LogP contribution in [0.15, 0.2) is 65.5 Å². The van der Waals surface area contributed by atoms with E-state index in [1.54, 1.807) is 31.2 Å². The van der Waals surface area contributed by atoms with Crippen LogP contribution < -0.4 is 21.9 Å². The lowest BCUT2D eigenvalue weighted by Crippen LogP contribution is -2.30. The molecule has 2 aromatic carbocycles. The van der Waals surface area contributed by atoms with Crippen molar-refractivity contribution in [2.45, 2.75) is 19.9 Å². The Labute approximate surface area is 191 Å². The molecule has 2 amide bonds. The Kier molecular flexibility index (Phi) is 8.31. The van der Waals surface area contributed by atoms with Gasteiger partial charge in [-0.3, -0.25) is 14.9 Å². The minimum Gasteiger partial charge on any atom is -0.450 e. The number of nitrogens with one attached hydrogen (secondary N) is 2. The summed E-state index contributed by atoms with van der Waals surface area (Å²) in [5.74, 6) is -0.0837.